The van der Waals surface area contributed by atoms with Crippen molar-refractivity contribution < 1.29 is 9.84 Å². The Kier molecular flexibility index (Phi) is 4.65. The number of aliphatic hydroxyl groups excluding tert-OH is 1. The predicted molar refractivity (Wildman–Crippen MR) is 57.7 cm³/mol. The lowest BCUT2D eigenvalue weighted by Crippen LogP contribution is -2.18. The summed E-state index contributed by atoms with van der Waals surface area (Å²) in [5, 5.41) is 9.55. The largest absolute Gasteiger partial charge is 0.390 e. The smallest absolute Gasteiger partial charge is 0.115 e. The van der Waals surface area contributed by atoms with E-state index < -0.39 is 6.10 Å². The van der Waals surface area contributed by atoms with Crippen LogP contribution in [0.5, 0.6) is 0 Å². The molecule has 0 aliphatic rings. The van der Waals surface area contributed by atoms with Crippen molar-refractivity contribution in [3.8, 4) is 0 Å². The first-order valence-corrected chi connectivity index (χ1v) is 5.11. The number of hydrogen-bond donors (Lipinski definition) is 1. The highest BCUT2D eigenvalue weighted by atomic mass is 16.5. The molecular weight excluding hydrogens is 192 g/mol. The molecule has 0 radical (unpaired) electrons. The highest BCUT2D eigenvalue weighted by Gasteiger charge is 2.08. The molecule has 0 aliphatic carbocycles. The van der Waals surface area contributed by atoms with Crippen LogP contribution < -0.4 is 0 Å². The summed E-state index contributed by atoms with van der Waals surface area (Å²) in [4.78, 5) is 8.29. The molecular formula is C11H18N2O2. The molecule has 0 bridgehead atoms. The van der Waals surface area contributed by atoms with E-state index in [9.17, 15) is 5.11 Å². The van der Waals surface area contributed by atoms with E-state index in [4.69, 9.17) is 4.74 Å². The van der Waals surface area contributed by atoms with E-state index in [0.29, 0.717) is 18.9 Å². The average molecular weight is 210 g/mol. The lowest BCUT2D eigenvalue weighted by atomic mass is 10.1. The summed E-state index contributed by atoms with van der Waals surface area (Å²) in [7, 11) is 1.57. The number of aromatic nitrogens is 2. The van der Waals surface area contributed by atoms with Gasteiger partial charge in [0.2, 0.25) is 0 Å². The topological polar surface area (TPSA) is 55.2 Å². The number of nitrogens with zero attached hydrogens (tertiary/aromatic N) is 2. The van der Waals surface area contributed by atoms with Crippen LogP contribution >= 0.6 is 0 Å². The van der Waals surface area contributed by atoms with Crippen molar-refractivity contribution in [3.05, 3.63) is 23.8 Å². The van der Waals surface area contributed by atoms with Crippen molar-refractivity contribution in [2.24, 2.45) is 0 Å². The molecule has 0 aliphatic heterocycles. The quantitative estimate of drug-likeness (QED) is 0.792. The zero-order chi connectivity index (χ0) is 11.3. The Morgan fingerprint density at radius 2 is 2.13 bits per heavy atom. The van der Waals surface area contributed by atoms with Gasteiger partial charge < -0.3 is 9.84 Å². The van der Waals surface area contributed by atoms with Crippen LogP contribution in [0.3, 0.4) is 0 Å². The summed E-state index contributed by atoms with van der Waals surface area (Å²) in [5.74, 6) is 0.381. The molecule has 1 N–H and O–H groups in total. The number of ether oxygens (including phenoxy) is 1. The van der Waals surface area contributed by atoms with Gasteiger partial charge in [-0.3, -0.25) is 0 Å². The molecule has 4 heteroatoms. The van der Waals surface area contributed by atoms with Crippen molar-refractivity contribution in [2.45, 2.75) is 32.3 Å². The molecule has 15 heavy (non-hydrogen) atoms. The Bertz CT molecular complexity index is 302. The van der Waals surface area contributed by atoms with E-state index in [1.54, 1.807) is 13.4 Å². The number of aliphatic hydroxyl groups is 1. The van der Waals surface area contributed by atoms with Gasteiger partial charge in [0.1, 0.15) is 6.33 Å². The molecule has 0 saturated carbocycles. The molecule has 1 aromatic rings. The molecule has 1 aromatic heterocycles. The predicted octanol–water partition coefficient (Wildman–Crippen LogP) is 1.15. The highest BCUT2D eigenvalue weighted by molar-refractivity contribution is 5.12. The van der Waals surface area contributed by atoms with Crippen molar-refractivity contribution in [1.82, 2.24) is 9.97 Å². The van der Waals surface area contributed by atoms with Gasteiger partial charge in [0.15, 0.2) is 0 Å². The van der Waals surface area contributed by atoms with Gasteiger partial charge in [0, 0.05) is 24.9 Å². The third-order valence-corrected chi connectivity index (χ3v) is 2.14. The Balaban J connectivity index is 2.65. The van der Waals surface area contributed by atoms with Crippen molar-refractivity contribution in [3.63, 3.8) is 0 Å². The van der Waals surface area contributed by atoms with E-state index >= 15 is 0 Å². The number of rotatable bonds is 5. The van der Waals surface area contributed by atoms with Gasteiger partial charge in [-0.1, -0.05) is 13.8 Å². The second-order valence-corrected chi connectivity index (χ2v) is 3.90. The molecule has 0 saturated heterocycles. The maximum atomic E-state index is 9.55. The van der Waals surface area contributed by atoms with Gasteiger partial charge in [-0.15, -0.1) is 0 Å². The van der Waals surface area contributed by atoms with E-state index in [1.807, 2.05) is 6.07 Å². The van der Waals surface area contributed by atoms with Crippen LogP contribution in [0, 0.1) is 0 Å². The van der Waals surface area contributed by atoms with Crippen LogP contribution in [0.2, 0.25) is 0 Å². The summed E-state index contributed by atoms with van der Waals surface area (Å²) < 4.78 is 4.86. The van der Waals surface area contributed by atoms with Crippen LogP contribution in [0.15, 0.2) is 12.4 Å². The number of methoxy groups -OCH3 is 1. The minimum Gasteiger partial charge on any atom is -0.390 e. The Morgan fingerprint density at radius 1 is 1.40 bits per heavy atom. The summed E-state index contributed by atoms with van der Waals surface area (Å²) in [5.41, 5.74) is 1.86. The monoisotopic (exact) mass is 210 g/mol. The standard InChI is InChI=1S/C11H18N2O2/c1-8(2)11-5-9(12-7-13-11)4-10(14)6-15-3/h5,7-8,10,14H,4,6H2,1-3H3. The first-order valence-electron chi connectivity index (χ1n) is 5.11. The Hall–Kier alpha value is -1.00. The van der Waals surface area contributed by atoms with Gasteiger partial charge in [0.05, 0.1) is 12.7 Å². The van der Waals surface area contributed by atoms with E-state index in [1.165, 1.54) is 0 Å². The summed E-state index contributed by atoms with van der Waals surface area (Å²) >= 11 is 0. The Labute approximate surface area is 90.3 Å². The third kappa shape index (κ3) is 3.93. The van der Waals surface area contributed by atoms with Crippen molar-refractivity contribution in [2.75, 3.05) is 13.7 Å². The first kappa shape index (κ1) is 12.1. The normalized spacial score (nSPS) is 13.1. The summed E-state index contributed by atoms with van der Waals surface area (Å²) in [6.07, 6.45) is 1.56. The SMILES string of the molecule is COCC(O)Cc1cc(C(C)C)ncn1. The third-order valence-electron chi connectivity index (χ3n) is 2.14. The van der Waals surface area contributed by atoms with Crippen LogP contribution in [0.4, 0.5) is 0 Å². The van der Waals surface area contributed by atoms with Crippen molar-refractivity contribution in [1.29, 1.82) is 0 Å². The molecule has 1 unspecified atom stereocenters. The zero-order valence-electron chi connectivity index (χ0n) is 9.47. The summed E-state index contributed by atoms with van der Waals surface area (Å²) in [6, 6.07) is 1.93. The first-order chi connectivity index (χ1) is 7.13. The van der Waals surface area contributed by atoms with E-state index in [2.05, 4.69) is 23.8 Å². The fraction of sp³-hybridized carbons (Fsp3) is 0.636. The maximum absolute atomic E-state index is 9.55. The molecule has 84 valence electrons. The van der Waals surface area contributed by atoms with Crippen LogP contribution in [0.25, 0.3) is 0 Å². The highest BCUT2D eigenvalue weighted by Crippen LogP contribution is 2.11. The lowest BCUT2D eigenvalue weighted by Gasteiger charge is -2.10. The van der Waals surface area contributed by atoms with Gasteiger partial charge >= 0.3 is 0 Å². The molecule has 0 fully saturated rings. The second-order valence-electron chi connectivity index (χ2n) is 3.90. The summed E-state index contributed by atoms with van der Waals surface area (Å²) in [6.45, 7) is 4.50. The van der Waals surface area contributed by atoms with Crippen molar-refractivity contribution >= 4 is 0 Å². The van der Waals surface area contributed by atoms with Gasteiger partial charge in [0.25, 0.3) is 0 Å². The molecule has 0 aromatic carbocycles. The fourth-order valence-electron chi connectivity index (χ4n) is 1.34. The number of hydrogen-bond acceptors (Lipinski definition) is 4. The molecule has 4 nitrogen and oxygen atoms in total. The van der Waals surface area contributed by atoms with E-state index in [0.717, 1.165) is 11.4 Å². The molecule has 1 rings (SSSR count). The molecule has 0 amide bonds. The fourth-order valence-corrected chi connectivity index (χ4v) is 1.34. The van der Waals surface area contributed by atoms with Gasteiger partial charge in [-0.25, -0.2) is 9.97 Å². The molecule has 0 spiro atoms. The van der Waals surface area contributed by atoms with E-state index in [-0.39, 0.29) is 0 Å². The van der Waals surface area contributed by atoms with Gasteiger partial charge in [-0.2, -0.15) is 0 Å². The molecule has 1 atom stereocenters. The zero-order valence-corrected chi connectivity index (χ0v) is 9.47. The second kappa shape index (κ2) is 5.78. The Morgan fingerprint density at radius 3 is 2.73 bits per heavy atom. The lowest BCUT2D eigenvalue weighted by molar-refractivity contribution is 0.0644. The maximum Gasteiger partial charge on any atom is 0.115 e. The van der Waals surface area contributed by atoms with Gasteiger partial charge in [-0.05, 0) is 12.0 Å². The molecule has 1 heterocycles. The van der Waals surface area contributed by atoms with Crippen LogP contribution in [-0.4, -0.2) is 34.9 Å². The minimum atomic E-state index is -0.495. The minimum absolute atomic E-state index is 0.334. The average Bonchev–Trinajstić information content (AvgIpc) is 2.18. The van der Waals surface area contributed by atoms with Crippen LogP contribution in [-0.2, 0) is 11.2 Å². The van der Waals surface area contributed by atoms with Crippen LogP contribution in [0.1, 0.15) is 31.2 Å².